The van der Waals surface area contributed by atoms with Gasteiger partial charge in [-0.3, -0.25) is 14.3 Å². The third kappa shape index (κ3) is 5.11. The van der Waals surface area contributed by atoms with Crippen LogP contribution in [0, 0.1) is 11.7 Å². The molecule has 0 fully saturated rings. The molecule has 2 aromatic rings. The van der Waals surface area contributed by atoms with Gasteiger partial charge in [0.25, 0.3) is 10.0 Å². The summed E-state index contributed by atoms with van der Waals surface area (Å²) in [7, 11) is -4.17. The monoisotopic (exact) mass is 419 g/mol. The zero-order valence-corrected chi connectivity index (χ0v) is 16.9. The molecule has 2 aromatic carbocycles. The molecule has 1 aliphatic heterocycles. The van der Waals surface area contributed by atoms with Gasteiger partial charge in [0.05, 0.1) is 0 Å². The molecule has 3 rings (SSSR count). The molecule has 0 spiro atoms. The van der Waals surface area contributed by atoms with E-state index in [0.717, 1.165) is 6.07 Å². The summed E-state index contributed by atoms with van der Waals surface area (Å²) in [5.41, 5.74) is 1.63. The lowest BCUT2D eigenvalue weighted by atomic mass is 10.0. The van der Waals surface area contributed by atoms with Crippen LogP contribution in [0.3, 0.4) is 0 Å². The summed E-state index contributed by atoms with van der Waals surface area (Å²) < 4.78 is 42.0. The zero-order chi connectivity index (χ0) is 21.2. The highest BCUT2D eigenvalue weighted by molar-refractivity contribution is 7.92. The van der Waals surface area contributed by atoms with Gasteiger partial charge in [0.15, 0.2) is 0 Å². The second-order valence-corrected chi connectivity index (χ2v) is 8.97. The molecule has 1 heterocycles. The largest absolute Gasteiger partial charge is 0.326 e. The predicted molar refractivity (Wildman–Crippen MR) is 109 cm³/mol. The van der Waals surface area contributed by atoms with Crippen molar-refractivity contribution >= 4 is 38.9 Å². The van der Waals surface area contributed by atoms with Gasteiger partial charge in [0, 0.05) is 29.9 Å². The first kappa shape index (κ1) is 20.8. The molecule has 154 valence electrons. The molecule has 0 saturated carbocycles. The number of hydrogen-bond donors (Lipinski definition) is 3. The smallest absolute Gasteiger partial charge is 0.264 e. The quantitative estimate of drug-likeness (QED) is 0.667. The van der Waals surface area contributed by atoms with Gasteiger partial charge < -0.3 is 10.6 Å². The van der Waals surface area contributed by atoms with E-state index in [2.05, 4.69) is 15.4 Å². The van der Waals surface area contributed by atoms with Gasteiger partial charge >= 0.3 is 0 Å². The highest BCUT2D eigenvalue weighted by Gasteiger charge is 2.24. The molecule has 0 unspecified atom stereocenters. The average molecular weight is 419 g/mol. The number of fused-ring (bicyclic) bond motifs is 1. The Morgan fingerprint density at radius 3 is 2.45 bits per heavy atom. The number of rotatable bonds is 6. The SMILES string of the molecule is CC(C)CC(=O)Nc1ccc(NS(=O)(=O)c2cc3c(cc2F)NC(=O)CC3)cc1. The van der Waals surface area contributed by atoms with Gasteiger partial charge in [-0.1, -0.05) is 13.8 Å². The summed E-state index contributed by atoms with van der Waals surface area (Å²) in [6.45, 7) is 3.87. The third-order valence-electron chi connectivity index (χ3n) is 4.36. The van der Waals surface area contributed by atoms with Crippen molar-refractivity contribution in [2.75, 3.05) is 15.4 Å². The predicted octanol–water partition coefficient (Wildman–Crippen LogP) is 3.50. The maximum absolute atomic E-state index is 14.4. The molecule has 0 aliphatic carbocycles. The van der Waals surface area contributed by atoms with Gasteiger partial charge in [-0.05, 0) is 54.3 Å². The molecule has 0 aromatic heterocycles. The van der Waals surface area contributed by atoms with E-state index in [4.69, 9.17) is 0 Å². The molecular formula is C20H22FN3O4S. The normalized spacial score (nSPS) is 13.6. The van der Waals surface area contributed by atoms with Crippen molar-refractivity contribution in [1.29, 1.82) is 0 Å². The van der Waals surface area contributed by atoms with E-state index in [1.807, 2.05) is 13.8 Å². The highest BCUT2D eigenvalue weighted by Crippen LogP contribution is 2.29. The van der Waals surface area contributed by atoms with Crippen LogP contribution in [0.25, 0.3) is 0 Å². The van der Waals surface area contributed by atoms with Crippen LogP contribution in [-0.2, 0) is 26.0 Å². The minimum absolute atomic E-state index is 0.128. The van der Waals surface area contributed by atoms with Crippen molar-refractivity contribution in [2.45, 2.75) is 38.0 Å². The van der Waals surface area contributed by atoms with Crippen LogP contribution in [0.2, 0.25) is 0 Å². The topological polar surface area (TPSA) is 104 Å². The van der Waals surface area contributed by atoms with E-state index in [0.29, 0.717) is 29.8 Å². The summed E-state index contributed by atoms with van der Waals surface area (Å²) in [6.07, 6.45) is 0.941. The minimum atomic E-state index is -4.17. The van der Waals surface area contributed by atoms with Crippen molar-refractivity contribution < 1.29 is 22.4 Å². The van der Waals surface area contributed by atoms with E-state index in [9.17, 15) is 22.4 Å². The number of carbonyl (C=O) groups excluding carboxylic acids is 2. The fourth-order valence-corrected chi connectivity index (χ4v) is 4.17. The first-order valence-corrected chi connectivity index (χ1v) is 10.7. The Morgan fingerprint density at radius 1 is 1.14 bits per heavy atom. The van der Waals surface area contributed by atoms with E-state index >= 15 is 0 Å². The molecule has 0 radical (unpaired) electrons. The van der Waals surface area contributed by atoms with Gasteiger partial charge in [-0.25, -0.2) is 12.8 Å². The first-order valence-electron chi connectivity index (χ1n) is 9.19. The van der Waals surface area contributed by atoms with E-state index < -0.39 is 20.7 Å². The lowest BCUT2D eigenvalue weighted by Gasteiger charge is -2.18. The van der Waals surface area contributed by atoms with E-state index in [1.54, 1.807) is 12.1 Å². The summed E-state index contributed by atoms with van der Waals surface area (Å²) in [5.74, 6) is -1.08. The van der Waals surface area contributed by atoms with Crippen molar-refractivity contribution in [3.63, 3.8) is 0 Å². The molecule has 0 atom stereocenters. The molecule has 2 amide bonds. The third-order valence-corrected chi connectivity index (χ3v) is 5.75. The number of amides is 2. The fraction of sp³-hybridized carbons (Fsp3) is 0.300. The van der Waals surface area contributed by atoms with Gasteiger partial charge in [0.1, 0.15) is 10.7 Å². The second kappa shape index (κ2) is 8.20. The van der Waals surface area contributed by atoms with Crippen molar-refractivity contribution in [3.8, 4) is 0 Å². The number of nitrogens with one attached hydrogen (secondary N) is 3. The van der Waals surface area contributed by atoms with Crippen LogP contribution >= 0.6 is 0 Å². The Hall–Kier alpha value is -2.94. The van der Waals surface area contributed by atoms with Crippen LogP contribution in [-0.4, -0.2) is 20.2 Å². The van der Waals surface area contributed by atoms with E-state index in [-0.39, 0.29) is 29.8 Å². The Labute approximate surface area is 168 Å². The molecule has 7 nitrogen and oxygen atoms in total. The lowest BCUT2D eigenvalue weighted by Crippen LogP contribution is -2.21. The maximum Gasteiger partial charge on any atom is 0.264 e. The van der Waals surface area contributed by atoms with Gasteiger partial charge in [0.2, 0.25) is 11.8 Å². The van der Waals surface area contributed by atoms with Crippen LogP contribution < -0.4 is 15.4 Å². The molecule has 0 bridgehead atoms. The number of carbonyl (C=O) groups is 2. The fourth-order valence-electron chi connectivity index (χ4n) is 3.00. The van der Waals surface area contributed by atoms with Crippen molar-refractivity contribution in [2.24, 2.45) is 5.92 Å². The van der Waals surface area contributed by atoms with Crippen LogP contribution in [0.15, 0.2) is 41.3 Å². The molecule has 9 heteroatoms. The Bertz CT molecular complexity index is 1050. The standard InChI is InChI=1S/C20H22FN3O4S/c1-12(2)9-20(26)22-14-4-6-15(7-5-14)24-29(27,28)18-10-13-3-8-19(25)23-17(13)11-16(18)21/h4-7,10-12,24H,3,8-9H2,1-2H3,(H,22,26)(H,23,25). The number of sulfonamides is 1. The number of halogens is 1. The molecule has 0 saturated heterocycles. The maximum atomic E-state index is 14.4. The number of benzene rings is 2. The number of hydrogen-bond acceptors (Lipinski definition) is 4. The van der Waals surface area contributed by atoms with Crippen molar-refractivity contribution in [1.82, 2.24) is 0 Å². The van der Waals surface area contributed by atoms with Crippen LogP contribution in [0.5, 0.6) is 0 Å². The Balaban J connectivity index is 1.76. The average Bonchev–Trinajstić information content (AvgIpc) is 2.61. The minimum Gasteiger partial charge on any atom is -0.326 e. The van der Waals surface area contributed by atoms with E-state index in [1.165, 1.54) is 18.2 Å². The van der Waals surface area contributed by atoms with Crippen molar-refractivity contribution in [3.05, 3.63) is 47.8 Å². The van der Waals surface area contributed by atoms with Crippen LogP contribution in [0.4, 0.5) is 21.5 Å². The number of aryl methyl sites for hydroxylation is 1. The second-order valence-electron chi connectivity index (χ2n) is 7.32. The number of anilines is 3. The lowest BCUT2D eigenvalue weighted by molar-refractivity contribution is -0.117. The summed E-state index contributed by atoms with van der Waals surface area (Å²) in [4.78, 5) is 22.7. The first-order chi connectivity index (χ1) is 13.6. The van der Waals surface area contributed by atoms with Gasteiger partial charge in [-0.2, -0.15) is 0 Å². The molecule has 29 heavy (non-hydrogen) atoms. The summed E-state index contributed by atoms with van der Waals surface area (Å²) in [5, 5.41) is 5.27. The van der Waals surface area contributed by atoms with Crippen LogP contribution in [0.1, 0.15) is 32.3 Å². The molecule has 3 N–H and O–H groups in total. The zero-order valence-electron chi connectivity index (χ0n) is 16.1. The highest BCUT2D eigenvalue weighted by atomic mass is 32.2. The molecule has 1 aliphatic rings. The Morgan fingerprint density at radius 2 is 1.79 bits per heavy atom. The summed E-state index contributed by atoms with van der Waals surface area (Å²) >= 11 is 0. The van der Waals surface area contributed by atoms with Gasteiger partial charge in [-0.15, -0.1) is 0 Å². The summed E-state index contributed by atoms with van der Waals surface area (Å²) in [6, 6.07) is 8.36. The molecular weight excluding hydrogens is 397 g/mol. The Kier molecular flexibility index (Phi) is 5.88.